The fraction of sp³-hybridized carbons (Fsp3) is 0.250. The van der Waals surface area contributed by atoms with E-state index < -0.39 is 17.7 Å². The average molecular weight is 457 g/mol. The smallest absolute Gasteiger partial charge is 0.300 e. The number of aliphatic hydroxyl groups is 1. The van der Waals surface area contributed by atoms with Crippen LogP contribution in [-0.4, -0.2) is 27.9 Å². The van der Waals surface area contributed by atoms with Gasteiger partial charge in [0.2, 0.25) is 0 Å². The van der Waals surface area contributed by atoms with Crippen molar-refractivity contribution in [3.63, 3.8) is 0 Å². The Morgan fingerprint density at radius 3 is 2.41 bits per heavy atom. The molecule has 1 saturated heterocycles. The van der Waals surface area contributed by atoms with Gasteiger partial charge in [-0.1, -0.05) is 18.2 Å². The van der Waals surface area contributed by atoms with Crippen LogP contribution in [0, 0.1) is 20.8 Å². The number of anilines is 1. The highest BCUT2D eigenvalue weighted by atomic mass is 16.5. The first kappa shape index (κ1) is 23.2. The molecule has 0 aliphatic carbocycles. The van der Waals surface area contributed by atoms with Gasteiger partial charge in [0.25, 0.3) is 11.7 Å². The van der Waals surface area contributed by atoms with Gasteiger partial charge in [-0.2, -0.15) is 0 Å². The van der Waals surface area contributed by atoms with E-state index in [1.165, 1.54) is 4.90 Å². The molecule has 1 aliphatic heterocycles. The van der Waals surface area contributed by atoms with E-state index in [0.29, 0.717) is 22.7 Å². The van der Waals surface area contributed by atoms with Crippen LogP contribution in [0.5, 0.6) is 5.75 Å². The number of ether oxygens (including phenoxy) is 1. The fourth-order valence-corrected chi connectivity index (χ4v) is 4.22. The third-order valence-corrected chi connectivity index (χ3v) is 5.85. The topological polar surface area (TPSA) is 79.7 Å². The molecular formula is C28H28N2O4. The minimum absolute atomic E-state index is 0.00481. The number of aryl methyl sites for hydroxylation is 3. The van der Waals surface area contributed by atoms with E-state index in [1.54, 1.807) is 42.6 Å². The molecule has 1 aromatic heterocycles. The van der Waals surface area contributed by atoms with Crippen molar-refractivity contribution < 1.29 is 19.4 Å². The average Bonchev–Trinajstić information content (AvgIpc) is 3.07. The predicted octanol–water partition coefficient (Wildman–Crippen LogP) is 5.42. The van der Waals surface area contributed by atoms with Crippen LogP contribution in [0.25, 0.3) is 5.76 Å². The molecule has 174 valence electrons. The van der Waals surface area contributed by atoms with Crippen LogP contribution < -0.4 is 9.64 Å². The Morgan fingerprint density at radius 2 is 1.76 bits per heavy atom. The first-order valence-electron chi connectivity index (χ1n) is 11.3. The molecule has 6 heteroatoms. The normalized spacial score (nSPS) is 17.5. The van der Waals surface area contributed by atoms with E-state index in [9.17, 15) is 14.7 Å². The fourth-order valence-electron chi connectivity index (χ4n) is 4.22. The minimum atomic E-state index is -0.853. The van der Waals surface area contributed by atoms with Crippen molar-refractivity contribution in [1.82, 2.24) is 4.98 Å². The van der Waals surface area contributed by atoms with Gasteiger partial charge in [0, 0.05) is 17.4 Å². The van der Waals surface area contributed by atoms with Crippen LogP contribution >= 0.6 is 0 Å². The molecule has 1 amide bonds. The lowest BCUT2D eigenvalue weighted by molar-refractivity contribution is -0.132. The Kier molecular flexibility index (Phi) is 6.24. The summed E-state index contributed by atoms with van der Waals surface area (Å²) in [5.41, 5.74) is 4.19. The van der Waals surface area contributed by atoms with E-state index in [4.69, 9.17) is 4.74 Å². The second kappa shape index (κ2) is 9.14. The lowest BCUT2D eigenvalue weighted by atomic mass is 9.97. The highest BCUT2D eigenvalue weighted by Gasteiger charge is 2.48. The maximum Gasteiger partial charge on any atom is 0.300 e. The molecule has 34 heavy (non-hydrogen) atoms. The number of hydrogen-bond acceptors (Lipinski definition) is 5. The van der Waals surface area contributed by atoms with Gasteiger partial charge in [0.15, 0.2) is 0 Å². The van der Waals surface area contributed by atoms with Crippen LogP contribution in [0.1, 0.15) is 47.8 Å². The van der Waals surface area contributed by atoms with Gasteiger partial charge in [-0.25, -0.2) is 0 Å². The van der Waals surface area contributed by atoms with E-state index >= 15 is 0 Å². The summed E-state index contributed by atoms with van der Waals surface area (Å²) in [6, 6.07) is 15.4. The highest BCUT2D eigenvalue weighted by molar-refractivity contribution is 6.51. The molecule has 0 bridgehead atoms. The summed E-state index contributed by atoms with van der Waals surface area (Å²) in [7, 11) is 0. The largest absolute Gasteiger partial charge is 0.507 e. The summed E-state index contributed by atoms with van der Waals surface area (Å²) in [5.74, 6) is -0.971. The number of pyridine rings is 1. The van der Waals surface area contributed by atoms with Gasteiger partial charge in [-0.3, -0.25) is 19.5 Å². The monoisotopic (exact) mass is 456 g/mol. The molecule has 0 spiro atoms. The number of hydrogen-bond donors (Lipinski definition) is 1. The van der Waals surface area contributed by atoms with Crippen LogP contribution in [0.3, 0.4) is 0 Å². The molecule has 1 unspecified atom stereocenters. The summed E-state index contributed by atoms with van der Waals surface area (Å²) >= 11 is 0. The second-order valence-corrected chi connectivity index (χ2v) is 8.86. The van der Waals surface area contributed by atoms with Crippen molar-refractivity contribution in [3.05, 3.63) is 94.3 Å². The maximum atomic E-state index is 13.3. The molecule has 1 fully saturated rings. The molecule has 1 atom stereocenters. The van der Waals surface area contributed by atoms with Crippen molar-refractivity contribution >= 4 is 23.1 Å². The summed E-state index contributed by atoms with van der Waals surface area (Å²) in [5, 5.41) is 11.3. The summed E-state index contributed by atoms with van der Waals surface area (Å²) in [6.07, 6.45) is 1.62. The molecule has 3 aromatic rings. The van der Waals surface area contributed by atoms with Crippen molar-refractivity contribution in [2.24, 2.45) is 0 Å². The van der Waals surface area contributed by atoms with E-state index in [0.717, 1.165) is 16.7 Å². The van der Waals surface area contributed by atoms with E-state index in [-0.39, 0.29) is 17.4 Å². The Bertz CT molecular complexity index is 1300. The summed E-state index contributed by atoms with van der Waals surface area (Å²) in [6.45, 7) is 9.57. The summed E-state index contributed by atoms with van der Waals surface area (Å²) in [4.78, 5) is 32.5. The lowest BCUT2D eigenvalue weighted by Crippen LogP contribution is -2.30. The number of Topliss-reactive ketones (excluding diaryl/α,β-unsaturated/α-hetero) is 1. The second-order valence-electron chi connectivity index (χ2n) is 8.86. The zero-order valence-electron chi connectivity index (χ0n) is 20.0. The number of rotatable bonds is 5. The number of amides is 1. The molecular weight excluding hydrogens is 428 g/mol. The van der Waals surface area contributed by atoms with Gasteiger partial charge in [0.05, 0.1) is 17.4 Å². The molecule has 2 aromatic carbocycles. The van der Waals surface area contributed by atoms with Crippen LogP contribution in [-0.2, 0) is 9.59 Å². The molecule has 4 rings (SSSR count). The van der Waals surface area contributed by atoms with E-state index in [1.807, 2.05) is 52.8 Å². The first-order chi connectivity index (χ1) is 16.2. The zero-order chi connectivity index (χ0) is 24.6. The Morgan fingerprint density at radius 1 is 1.00 bits per heavy atom. The van der Waals surface area contributed by atoms with E-state index in [2.05, 4.69) is 4.98 Å². The quantitative estimate of drug-likeness (QED) is 0.315. The Balaban J connectivity index is 1.91. The Labute approximate surface area is 199 Å². The van der Waals surface area contributed by atoms with Crippen LogP contribution in [0.4, 0.5) is 5.69 Å². The predicted molar refractivity (Wildman–Crippen MR) is 132 cm³/mol. The van der Waals surface area contributed by atoms with Crippen molar-refractivity contribution in [3.8, 4) is 5.75 Å². The van der Waals surface area contributed by atoms with Gasteiger partial charge < -0.3 is 9.84 Å². The van der Waals surface area contributed by atoms with Crippen molar-refractivity contribution in [2.75, 3.05) is 4.90 Å². The molecule has 2 heterocycles. The third kappa shape index (κ3) is 4.19. The zero-order valence-corrected chi connectivity index (χ0v) is 20.0. The number of aliphatic hydroxyl groups excluding tert-OH is 1. The number of carbonyl (C=O) groups is 2. The SMILES string of the molecule is Cc1ccc(C)c(N2C(=O)C(=O)/C(=C(\O)c3ccc(OC(C)C)c(C)c3)C2c2ccccn2)c1. The first-order valence-corrected chi connectivity index (χ1v) is 11.3. The van der Waals surface area contributed by atoms with Gasteiger partial charge in [-0.15, -0.1) is 0 Å². The third-order valence-electron chi connectivity index (χ3n) is 5.85. The highest BCUT2D eigenvalue weighted by Crippen LogP contribution is 2.43. The minimum Gasteiger partial charge on any atom is -0.507 e. The number of nitrogens with zero attached hydrogens (tertiary/aromatic N) is 2. The number of aromatic nitrogens is 1. The van der Waals surface area contributed by atoms with Crippen LogP contribution in [0.2, 0.25) is 0 Å². The standard InChI is InChI=1S/C28H28N2O4/c1-16(2)34-23-12-11-20(15-19(23)5)26(31)24-25(21-8-6-7-13-29-21)30(28(33)27(24)32)22-14-17(3)9-10-18(22)4/h6-16,25,31H,1-5H3/b26-24-. The lowest BCUT2D eigenvalue weighted by Gasteiger charge is -2.26. The number of ketones is 1. The summed E-state index contributed by atoms with van der Waals surface area (Å²) < 4.78 is 5.80. The van der Waals surface area contributed by atoms with Crippen molar-refractivity contribution in [2.45, 2.75) is 46.8 Å². The molecule has 6 nitrogen and oxygen atoms in total. The van der Waals surface area contributed by atoms with Crippen LogP contribution in [0.15, 0.2) is 66.4 Å². The number of carbonyl (C=O) groups excluding carboxylic acids is 2. The Hall–Kier alpha value is -3.93. The maximum absolute atomic E-state index is 13.3. The molecule has 0 saturated carbocycles. The number of benzene rings is 2. The molecule has 0 radical (unpaired) electrons. The van der Waals surface area contributed by atoms with Gasteiger partial charge in [-0.05, 0) is 87.7 Å². The molecule has 1 N–H and O–H groups in total. The van der Waals surface area contributed by atoms with Gasteiger partial charge in [0.1, 0.15) is 17.6 Å². The molecule has 1 aliphatic rings. The van der Waals surface area contributed by atoms with Crippen molar-refractivity contribution in [1.29, 1.82) is 0 Å². The van der Waals surface area contributed by atoms with Gasteiger partial charge >= 0.3 is 0 Å².